The van der Waals surface area contributed by atoms with Gasteiger partial charge in [0.15, 0.2) is 0 Å². The van der Waals surface area contributed by atoms with Gasteiger partial charge in [0, 0.05) is 0 Å². The van der Waals surface area contributed by atoms with Gasteiger partial charge in [-0.05, 0) is 23.6 Å². The van der Waals surface area contributed by atoms with Gasteiger partial charge in [0.05, 0.1) is 13.7 Å². The zero-order valence-corrected chi connectivity index (χ0v) is 10.8. The average Bonchev–Trinajstić information content (AvgIpc) is 3.04. The summed E-state index contributed by atoms with van der Waals surface area (Å²) in [6, 6.07) is 4.56. The van der Waals surface area contributed by atoms with Crippen LogP contribution in [0.2, 0.25) is 0 Å². The lowest BCUT2D eigenvalue weighted by atomic mass is 10.4. The molecule has 6 nitrogen and oxygen atoms in total. The molecule has 0 unspecified atom stereocenters. The highest BCUT2D eigenvalue weighted by Gasteiger charge is 2.14. The van der Waals surface area contributed by atoms with Crippen molar-refractivity contribution >= 4 is 23.2 Å². The number of furan rings is 1. The highest BCUT2D eigenvalue weighted by Crippen LogP contribution is 2.24. The Bertz CT molecular complexity index is 601. The van der Waals surface area contributed by atoms with Gasteiger partial charge in [0.25, 0.3) is 5.91 Å². The third-order valence-electron chi connectivity index (χ3n) is 2.35. The second-order valence-electron chi connectivity index (χ2n) is 3.57. The Labute approximate surface area is 112 Å². The van der Waals surface area contributed by atoms with Crippen molar-refractivity contribution in [2.24, 2.45) is 0 Å². The highest BCUT2D eigenvalue weighted by atomic mass is 32.1. The van der Waals surface area contributed by atoms with Gasteiger partial charge in [-0.1, -0.05) is 0 Å². The van der Waals surface area contributed by atoms with E-state index < -0.39 is 5.97 Å². The van der Waals surface area contributed by atoms with Crippen LogP contribution in [0.15, 0.2) is 28.0 Å². The average molecular weight is 281 g/mol. The molecule has 0 bridgehead atoms. The maximum absolute atomic E-state index is 11.9. The molecule has 2 heterocycles. The fourth-order valence-electron chi connectivity index (χ4n) is 1.46. The molecule has 2 N–H and O–H groups in total. The summed E-state index contributed by atoms with van der Waals surface area (Å²) in [5.74, 6) is -0.704. The molecule has 0 spiro atoms. The first-order valence-electron chi connectivity index (χ1n) is 5.33. The molecule has 2 aromatic rings. The summed E-state index contributed by atoms with van der Waals surface area (Å²) in [6.07, 6.45) is 0. The molecule has 0 fully saturated rings. The first kappa shape index (κ1) is 13.2. The van der Waals surface area contributed by atoms with Crippen molar-refractivity contribution in [3.63, 3.8) is 0 Å². The molecule has 0 atom stereocenters. The van der Waals surface area contributed by atoms with Crippen LogP contribution < -0.4 is 10.1 Å². The van der Waals surface area contributed by atoms with E-state index in [9.17, 15) is 9.59 Å². The van der Waals surface area contributed by atoms with E-state index in [-0.39, 0.29) is 18.2 Å². The lowest BCUT2D eigenvalue weighted by molar-refractivity contribution is 0.0660. The van der Waals surface area contributed by atoms with Crippen molar-refractivity contribution in [1.82, 2.24) is 5.32 Å². The van der Waals surface area contributed by atoms with Crippen LogP contribution in [0.5, 0.6) is 5.75 Å². The van der Waals surface area contributed by atoms with Crippen LogP contribution in [-0.2, 0) is 6.54 Å². The predicted molar refractivity (Wildman–Crippen MR) is 67.7 cm³/mol. The molecule has 0 aliphatic heterocycles. The topological polar surface area (TPSA) is 88.8 Å². The molecule has 2 rings (SSSR count). The number of carboxylic acids is 1. The van der Waals surface area contributed by atoms with Crippen LogP contribution in [0.1, 0.15) is 26.0 Å². The van der Waals surface area contributed by atoms with Crippen molar-refractivity contribution in [2.75, 3.05) is 7.11 Å². The normalized spacial score (nSPS) is 10.2. The Morgan fingerprint density at radius 2 is 2.21 bits per heavy atom. The van der Waals surface area contributed by atoms with E-state index in [0.717, 1.165) is 0 Å². The van der Waals surface area contributed by atoms with Gasteiger partial charge >= 0.3 is 5.97 Å². The lowest BCUT2D eigenvalue weighted by Gasteiger charge is -2.03. The number of carboxylic acid groups (broad SMARTS) is 1. The molecule has 0 aromatic carbocycles. The second kappa shape index (κ2) is 5.57. The Kier molecular flexibility index (Phi) is 3.86. The monoisotopic (exact) mass is 281 g/mol. The number of amides is 1. The van der Waals surface area contributed by atoms with Crippen molar-refractivity contribution in [2.45, 2.75) is 6.54 Å². The third-order valence-corrected chi connectivity index (χ3v) is 3.25. The minimum Gasteiger partial charge on any atom is -0.495 e. The van der Waals surface area contributed by atoms with E-state index in [0.29, 0.717) is 16.4 Å². The number of ether oxygens (including phenoxy) is 1. The summed E-state index contributed by atoms with van der Waals surface area (Å²) in [7, 11) is 1.49. The molecular formula is C12H11NO5S. The Balaban J connectivity index is 1.98. The van der Waals surface area contributed by atoms with Crippen molar-refractivity contribution in [1.29, 1.82) is 0 Å². The van der Waals surface area contributed by atoms with E-state index in [2.05, 4.69) is 5.32 Å². The quantitative estimate of drug-likeness (QED) is 0.874. The van der Waals surface area contributed by atoms with Crippen LogP contribution >= 0.6 is 11.3 Å². The van der Waals surface area contributed by atoms with Gasteiger partial charge < -0.3 is 19.6 Å². The van der Waals surface area contributed by atoms with Crippen LogP contribution in [0.3, 0.4) is 0 Å². The summed E-state index contributed by atoms with van der Waals surface area (Å²) in [6.45, 7) is 0.118. The first-order chi connectivity index (χ1) is 9.11. The number of aromatic carboxylic acids is 1. The number of nitrogens with one attached hydrogen (secondary N) is 1. The van der Waals surface area contributed by atoms with E-state index in [1.54, 1.807) is 11.4 Å². The summed E-state index contributed by atoms with van der Waals surface area (Å²) >= 11 is 1.27. The Hall–Kier alpha value is -2.28. The number of carbonyl (C=O) groups excluding carboxylic acids is 1. The van der Waals surface area contributed by atoms with Crippen LogP contribution in [-0.4, -0.2) is 24.1 Å². The van der Waals surface area contributed by atoms with Gasteiger partial charge in [0.2, 0.25) is 5.76 Å². The number of hydrogen-bond donors (Lipinski definition) is 2. The summed E-state index contributed by atoms with van der Waals surface area (Å²) in [4.78, 5) is 23.0. The molecule has 0 aliphatic carbocycles. The Morgan fingerprint density at radius 3 is 2.84 bits per heavy atom. The van der Waals surface area contributed by atoms with Crippen molar-refractivity contribution in [3.8, 4) is 5.75 Å². The number of thiophene rings is 1. The second-order valence-corrected chi connectivity index (χ2v) is 4.49. The van der Waals surface area contributed by atoms with Gasteiger partial charge in [-0.15, -0.1) is 11.3 Å². The maximum atomic E-state index is 11.9. The predicted octanol–water partition coefficient (Wildman–Crippen LogP) is 1.98. The molecule has 0 radical (unpaired) electrons. The summed E-state index contributed by atoms with van der Waals surface area (Å²) < 4.78 is 10.1. The molecule has 7 heteroatoms. The molecular weight excluding hydrogens is 270 g/mol. The SMILES string of the molecule is COc1ccsc1C(=O)NCc1ccc(C(=O)O)o1. The lowest BCUT2D eigenvalue weighted by Crippen LogP contribution is -2.22. The minimum atomic E-state index is -1.14. The number of rotatable bonds is 5. The molecule has 1 amide bonds. The van der Waals surface area contributed by atoms with Crippen molar-refractivity contribution < 1.29 is 23.8 Å². The molecule has 100 valence electrons. The van der Waals surface area contributed by atoms with Gasteiger partial charge in [-0.25, -0.2) is 4.79 Å². The van der Waals surface area contributed by atoms with E-state index in [4.69, 9.17) is 14.3 Å². The minimum absolute atomic E-state index is 0.118. The Morgan fingerprint density at radius 1 is 1.42 bits per heavy atom. The van der Waals surface area contributed by atoms with Crippen LogP contribution in [0, 0.1) is 0 Å². The smallest absolute Gasteiger partial charge is 0.371 e. The fourth-order valence-corrected chi connectivity index (χ4v) is 2.23. The summed E-state index contributed by atoms with van der Waals surface area (Å²) in [5, 5.41) is 13.1. The van der Waals surface area contributed by atoms with Crippen LogP contribution in [0.25, 0.3) is 0 Å². The zero-order chi connectivity index (χ0) is 13.8. The first-order valence-corrected chi connectivity index (χ1v) is 6.21. The maximum Gasteiger partial charge on any atom is 0.371 e. The zero-order valence-electron chi connectivity index (χ0n) is 10.0. The van der Waals surface area contributed by atoms with Crippen LogP contribution in [0.4, 0.5) is 0 Å². The standard InChI is InChI=1S/C12H11NO5S/c1-17-8-4-5-19-10(8)11(14)13-6-7-2-3-9(18-7)12(15)16/h2-5H,6H2,1H3,(H,13,14)(H,15,16). The van der Waals surface area contributed by atoms with E-state index in [1.165, 1.54) is 30.6 Å². The fraction of sp³-hybridized carbons (Fsp3) is 0.167. The molecule has 2 aromatic heterocycles. The number of carbonyl (C=O) groups is 2. The van der Waals surface area contributed by atoms with Gasteiger partial charge in [-0.2, -0.15) is 0 Å². The van der Waals surface area contributed by atoms with Crippen molar-refractivity contribution in [3.05, 3.63) is 40.0 Å². The largest absolute Gasteiger partial charge is 0.495 e. The van der Waals surface area contributed by atoms with E-state index >= 15 is 0 Å². The molecule has 0 saturated heterocycles. The molecule has 0 aliphatic rings. The van der Waals surface area contributed by atoms with Gasteiger partial charge in [-0.3, -0.25) is 4.79 Å². The summed E-state index contributed by atoms with van der Waals surface area (Å²) in [5.41, 5.74) is 0. The van der Waals surface area contributed by atoms with E-state index in [1.807, 2.05) is 0 Å². The van der Waals surface area contributed by atoms with Gasteiger partial charge in [0.1, 0.15) is 16.4 Å². The number of hydrogen-bond acceptors (Lipinski definition) is 5. The number of methoxy groups -OCH3 is 1. The highest BCUT2D eigenvalue weighted by molar-refractivity contribution is 7.12. The molecule has 19 heavy (non-hydrogen) atoms. The third kappa shape index (κ3) is 2.94. The molecule has 0 saturated carbocycles.